The lowest BCUT2D eigenvalue weighted by Crippen LogP contribution is -2.03. The summed E-state index contributed by atoms with van der Waals surface area (Å²) in [5.41, 5.74) is 0. The molecule has 0 amide bonds. The largest absolute Gasteiger partial charge is 0.469 e. The molecule has 0 saturated heterocycles. The summed E-state index contributed by atoms with van der Waals surface area (Å²) in [5.74, 6) is -0.153. The second-order valence-electron chi connectivity index (χ2n) is 3.35. The number of carbonyl (C=O) groups excluding carboxylic acids is 1. The van der Waals surface area contributed by atoms with Crippen LogP contribution < -0.4 is 0 Å². The molecule has 0 aliphatic carbocycles. The normalized spacial score (nSPS) is 10.1. The lowest BCUT2D eigenvalue weighted by molar-refractivity contribution is -0.141. The molecule has 0 spiro atoms. The molecule has 0 saturated carbocycles. The minimum atomic E-state index is -0.153. The van der Waals surface area contributed by atoms with Gasteiger partial charge in [-0.3, -0.25) is 4.79 Å². The van der Waals surface area contributed by atoms with E-state index in [4.69, 9.17) is 4.74 Å². The van der Waals surface area contributed by atoms with Crippen LogP contribution in [-0.2, 0) is 14.3 Å². The summed E-state index contributed by atoms with van der Waals surface area (Å²) in [6.07, 6.45) is 6.14. The summed E-state index contributed by atoms with van der Waals surface area (Å²) < 4.78 is 9.88. The first kappa shape index (κ1) is 13.4. The van der Waals surface area contributed by atoms with E-state index >= 15 is 0 Å². The van der Waals surface area contributed by atoms with Crippen LogP contribution in [0, 0.1) is 0 Å². The Hall–Kier alpha value is -0.570. The first-order valence-electron chi connectivity index (χ1n) is 5.45. The Labute approximate surface area is 86.8 Å². The highest BCUT2D eigenvalue weighted by molar-refractivity contribution is 5.68. The first-order chi connectivity index (χ1) is 6.81. The Morgan fingerprint density at radius 2 is 1.79 bits per heavy atom. The number of esters is 1. The van der Waals surface area contributed by atoms with Crippen LogP contribution >= 0.6 is 0 Å². The predicted octanol–water partition coefficient (Wildman–Crippen LogP) is 2.54. The highest BCUT2D eigenvalue weighted by Gasteiger charge is 1.98. The number of methoxy groups -OCH3 is 1. The van der Waals surface area contributed by atoms with Gasteiger partial charge in [-0.05, 0) is 12.8 Å². The Balaban J connectivity index is 2.95. The van der Waals surface area contributed by atoms with Crippen molar-refractivity contribution < 1.29 is 14.3 Å². The van der Waals surface area contributed by atoms with Gasteiger partial charge in [-0.25, -0.2) is 0 Å². The molecule has 84 valence electrons. The molecule has 0 heterocycles. The molecular weight excluding hydrogens is 180 g/mol. The van der Waals surface area contributed by atoms with E-state index in [1.54, 1.807) is 0 Å². The smallest absolute Gasteiger partial charge is 0.305 e. The third-order valence-corrected chi connectivity index (χ3v) is 2.04. The number of carbonyl (C=O) groups is 1. The van der Waals surface area contributed by atoms with Gasteiger partial charge < -0.3 is 9.47 Å². The van der Waals surface area contributed by atoms with E-state index in [0.29, 0.717) is 13.0 Å². The molecule has 0 N–H and O–H groups in total. The zero-order chi connectivity index (χ0) is 10.6. The Bertz CT molecular complexity index is 134. The summed E-state index contributed by atoms with van der Waals surface area (Å²) in [7, 11) is 1.41. The highest BCUT2D eigenvalue weighted by atomic mass is 16.5. The van der Waals surface area contributed by atoms with Gasteiger partial charge in [0.1, 0.15) is 0 Å². The van der Waals surface area contributed by atoms with E-state index in [9.17, 15) is 4.79 Å². The van der Waals surface area contributed by atoms with Crippen LogP contribution in [0.1, 0.15) is 45.4 Å². The van der Waals surface area contributed by atoms with Crippen LogP contribution in [0.5, 0.6) is 0 Å². The molecule has 0 aliphatic heterocycles. The predicted molar refractivity (Wildman–Crippen MR) is 56.2 cm³/mol. The van der Waals surface area contributed by atoms with Crippen molar-refractivity contribution >= 4 is 5.97 Å². The number of unbranched alkanes of at least 4 members (excludes halogenated alkanes) is 3. The molecular formula is C11H22O3. The molecule has 0 aromatic heterocycles. The summed E-state index contributed by atoms with van der Waals surface area (Å²) in [6, 6.07) is 0. The third kappa shape index (κ3) is 9.52. The van der Waals surface area contributed by atoms with Crippen LogP contribution in [0.2, 0.25) is 0 Å². The molecule has 3 nitrogen and oxygen atoms in total. The Kier molecular flexibility index (Phi) is 10.1. The van der Waals surface area contributed by atoms with Crippen LogP contribution in [0.15, 0.2) is 0 Å². The molecule has 0 unspecified atom stereocenters. The standard InChI is InChI=1S/C11H22O3/c1-3-4-5-6-9-14-10-7-8-11(12)13-2/h3-10H2,1-2H3. The van der Waals surface area contributed by atoms with Gasteiger partial charge in [0.2, 0.25) is 0 Å². The van der Waals surface area contributed by atoms with Gasteiger partial charge in [0, 0.05) is 19.6 Å². The van der Waals surface area contributed by atoms with Gasteiger partial charge in [-0.2, -0.15) is 0 Å². The van der Waals surface area contributed by atoms with Crippen LogP contribution in [0.4, 0.5) is 0 Å². The quantitative estimate of drug-likeness (QED) is 0.426. The van der Waals surface area contributed by atoms with E-state index in [0.717, 1.165) is 19.4 Å². The first-order valence-corrected chi connectivity index (χ1v) is 5.45. The lowest BCUT2D eigenvalue weighted by Gasteiger charge is -2.03. The summed E-state index contributed by atoms with van der Waals surface area (Å²) in [6.45, 7) is 3.68. The van der Waals surface area contributed by atoms with Crippen molar-refractivity contribution in [3.63, 3.8) is 0 Å². The number of hydrogen-bond donors (Lipinski definition) is 0. The summed E-state index contributed by atoms with van der Waals surface area (Å²) in [5, 5.41) is 0. The summed E-state index contributed by atoms with van der Waals surface area (Å²) in [4.78, 5) is 10.7. The average molecular weight is 202 g/mol. The lowest BCUT2D eigenvalue weighted by atomic mass is 10.2. The van der Waals surface area contributed by atoms with E-state index in [-0.39, 0.29) is 5.97 Å². The third-order valence-electron chi connectivity index (χ3n) is 2.04. The van der Waals surface area contributed by atoms with E-state index in [1.165, 1.54) is 26.4 Å². The maximum absolute atomic E-state index is 10.7. The van der Waals surface area contributed by atoms with Gasteiger partial charge in [0.15, 0.2) is 0 Å². The van der Waals surface area contributed by atoms with Gasteiger partial charge in [-0.1, -0.05) is 26.2 Å². The molecule has 0 aromatic rings. The second kappa shape index (κ2) is 10.5. The van der Waals surface area contributed by atoms with Gasteiger partial charge in [0.25, 0.3) is 0 Å². The Morgan fingerprint density at radius 3 is 2.43 bits per heavy atom. The fourth-order valence-electron chi connectivity index (χ4n) is 1.15. The zero-order valence-electron chi connectivity index (χ0n) is 9.38. The fraction of sp³-hybridized carbons (Fsp3) is 0.909. The molecule has 0 bridgehead atoms. The van der Waals surface area contributed by atoms with Crippen LogP contribution in [0.25, 0.3) is 0 Å². The molecule has 3 heteroatoms. The minimum absolute atomic E-state index is 0.153. The van der Waals surface area contributed by atoms with Crippen molar-refractivity contribution in [1.82, 2.24) is 0 Å². The molecule has 0 aliphatic rings. The number of rotatable bonds is 9. The van der Waals surface area contributed by atoms with Crippen molar-refractivity contribution in [3.8, 4) is 0 Å². The summed E-state index contributed by atoms with van der Waals surface area (Å²) >= 11 is 0. The number of ether oxygens (including phenoxy) is 2. The maximum Gasteiger partial charge on any atom is 0.305 e. The Morgan fingerprint density at radius 1 is 1.07 bits per heavy atom. The molecule has 0 aromatic carbocycles. The second-order valence-corrected chi connectivity index (χ2v) is 3.35. The molecule has 0 radical (unpaired) electrons. The van der Waals surface area contributed by atoms with E-state index in [2.05, 4.69) is 11.7 Å². The topological polar surface area (TPSA) is 35.5 Å². The van der Waals surface area contributed by atoms with Crippen molar-refractivity contribution in [2.24, 2.45) is 0 Å². The SMILES string of the molecule is CCCCCCOCCCC(=O)OC. The number of hydrogen-bond acceptors (Lipinski definition) is 3. The monoisotopic (exact) mass is 202 g/mol. The fourth-order valence-corrected chi connectivity index (χ4v) is 1.15. The highest BCUT2D eigenvalue weighted by Crippen LogP contribution is 1.99. The van der Waals surface area contributed by atoms with Crippen LogP contribution in [-0.4, -0.2) is 26.3 Å². The molecule has 14 heavy (non-hydrogen) atoms. The van der Waals surface area contributed by atoms with Crippen molar-refractivity contribution in [3.05, 3.63) is 0 Å². The minimum Gasteiger partial charge on any atom is -0.469 e. The van der Waals surface area contributed by atoms with E-state index < -0.39 is 0 Å². The van der Waals surface area contributed by atoms with Crippen LogP contribution in [0.3, 0.4) is 0 Å². The van der Waals surface area contributed by atoms with Crippen molar-refractivity contribution in [1.29, 1.82) is 0 Å². The van der Waals surface area contributed by atoms with Gasteiger partial charge in [-0.15, -0.1) is 0 Å². The zero-order valence-corrected chi connectivity index (χ0v) is 9.38. The molecule has 0 rings (SSSR count). The van der Waals surface area contributed by atoms with Crippen molar-refractivity contribution in [2.45, 2.75) is 45.4 Å². The van der Waals surface area contributed by atoms with Gasteiger partial charge >= 0.3 is 5.97 Å². The maximum atomic E-state index is 10.7. The average Bonchev–Trinajstić information content (AvgIpc) is 2.21. The molecule has 0 atom stereocenters. The van der Waals surface area contributed by atoms with Gasteiger partial charge in [0.05, 0.1) is 7.11 Å². The van der Waals surface area contributed by atoms with E-state index in [1.807, 2.05) is 0 Å². The molecule has 0 fully saturated rings. The van der Waals surface area contributed by atoms with Crippen molar-refractivity contribution in [2.75, 3.05) is 20.3 Å².